The molecule has 2 aromatic heterocycles. The van der Waals surface area contributed by atoms with Crippen molar-refractivity contribution in [2.45, 2.75) is 19.3 Å². The van der Waals surface area contributed by atoms with Crippen LogP contribution >= 0.6 is 0 Å². The second-order valence-corrected chi connectivity index (χ2v) is 17.1. The number of fused-ring (bicyclic) bond motifs is 14. The molecule has 0 atom stereocenters. The maximum Gasteiger partial charge on any atom is 0.164 e. The zero-order valence-corrected chi connectivity index (χ0v) is 34.1. The van der Waals surface area contributed by atoms with Crippen molar-refractivity contribution in [1.82, 2.24) is 15.0 Å². The van der Waals surface area contributed by atoms with Gasteiger partial charge in [0.25, 0.3) is 0 Å². The van der Waals surface area contributed by atoms with E-state index in [2.05, 4.69) is 190 Å². The molecule has 0 spiro atoms. The van der Waals surface area contributed by atoms with Gasteiger partial charge in [-0.25, -0.2) is 15.0 Å². The van der Waals surface area contributed by atoms with Crippen LogP contribution in [0.15, 0.2) is 192 Å². The van der Waals surface area contributed by atoms with E-state index >= 15 is 0 Å². The van der Waals surface area contributed by atoms with Crippen molar-refractivity contribution in [3.8, 4) is 56.4 Å². The summed E-state index contributed by atoms with van der Waals surface area (Å²) in [5.41, 5.74) is 11.4. The van der Waals surface area contributed by atoms with E-state index in [-0.39, 0.29) is 5.41 Å². The lowest BCUT2D eigenvalue weighted by atomic mass is 9.81. The third kappa shape index (κ3) is 5.10. The normalized spacial score (nSPS) is 13.1. The van der Waals surface area contributed by atoms with Gasteiger partial charge < -0.3 is 4.42 Å². The highest BCUT2D eigenvalue weighted by Crippen LogP contribution is 2.54. The fourth-order valence-corrected chi connectivity index (χ4v) is 10.3. The van der Waals surface area contributed by atoms with Crippen molar-refractivity contribution in [1.29, 1.82) is 0 Å². The van der Waals surface area contributed by atoms with E-state index in [1.54, 1.807) is 0 Å². The highest BCUT2D eigenvalue weighted by molar-refractivity contribution is 6.25. The van der Waals surface area contributed by atoms with Gasteiger partial charge in [0.1, 0.15) is 11.2 Å². The molecule has 0 unspecified atom stereocenters. The number of aromatic nitrogens is 3. The average molecular weight is 792 g/mol. The molecule has 0 N–H and O–H groups in total. The summed E-state index contributed by atoms with van der Waals surface area (Å²) in [6.45, 7) is 4.61. The third-order valence-corrected chi connectivity index (χ3v) is 13.3. The molecule has 2 heterocycles. The van der Waals surface area contributed by atoms with Gasteiger partial charge in [-0.2, -0.15) is 0 Å². The van der Waals surface area contributed by atoms with Gasteiger partial charge in [-0.1, -0.05) is 184 Å². The SMILES string of the molecule is CC1(C)c2ccccc2-c2cc(-c3nc(-c4ccc(-c5ccccc5)cc4)nc(-c4ccc5ccc6ccc7c8ccccc8ccc7c6c5c4)n3)c3c(oc4ccccc43)c21. The van der Waals surface area contributed by atoms with Crippen molar-refractivity contribution in [2.24, 2.45) is 0 Å². The molecule has 4 heteroatoms. The van der Waals surface area contributed by atoms with Gasteiger partial charge in [-0.15, -0.1) is 0 Å². The largest absolute Gasteiger partial charge is 0.456 e. The fourth-order valence-electron chi connectivity index (χ4n) is 10.3. The topological polar surface area (TPSA) is 51.8 Å². The molecule has 13 rings (SSSR count). The van der Waals surface area contributed by atoms with Crippen molar-refractivity contribution in [2.75, 3.05) is 0 Å². The predicted molar refractivity (Wildman–Crippen MR) is 256 cm³/mol. The zero-order chi connectivity index (χ0) is 41.1. The first-order chi connectivity index (χ1) is 30.5. The molecule has 1 aliphatic rings. The molecular weight excluding hydrogens is 755 g/mol. The Morgan fingerprint density at radius 1 is 0.371 bits per heavy atom. The summed E-state index contributed by atoms with van der Waals surface area (Å²) in [6.07, 6.45) is 0. The molecule has 0 bridgehead atoms. The van der Waals surface area contributed by atoms with E-state index in [1.807, 2.05) is 12.1 Å². The van der Waals surface area contributed by atoms with Crippen LogP contribution in [0.2, 0.25) is 0 Å². The lowest BCUT2D eigenvalue weighted by Gasteiger charge is -2.21. The maximum absolute atomic E-state index is 6.89. The van der Waals surface area contributed by atoms with Crippen molar-refractivity contribution < 1.29 is 4.42 Å². The summed E-state index contributed by atoms with van der Waals surface area (Å²) < 4.78 is 6.89. The number of hydrogen-bond donors (Lipinski definition) is 0. The molecule has 0 radical (unpaired) electrons. The average Bonchev–Trinajstić information content (AvgIpc) is 3.83. The molecule has 0 saturated carbocycles. The molecule has 0 fully saturated rings. The van der Waals surface area contributed by atoms with Crippen molar-refractivity contribution >= 4 is 65.0 Å². The summed E-state index contributed by atoms with van der Waals surface area (Å²) >= 11 is 0. The number of furan rings is 1. The molecule has 0 amide bonds. The highest BCUT2D eigenvalue weighted by Gasteiger charge is 2.39. The standard InChI is InChI=1S/C58H37N3O/c1-58(2)49-18-10-8-16-43(49)47-33-48(52-45-17-9-11-19-50(45)62-54(52)53(47)58)57-60-55(39-25-20-35(21-26-39)34-12-4-3-5-13-34)59-56(61-57)40-27-23-37-22-24-38-29-30-42-41-15-7-6-14-36(41)28-31-44(42)51(38)46(37)32-40/h3-33H,1-2H3. The maximum atomic E-state index is 6.89. The van der Waals surface area contributed by atoms with Crippen LogP contribution < -0.4 is 0 Å². The predicted octanol–water partition coefficient (Wildman–Crippen LogP) is 15.4. The van der Waals surface area contributed by atoms with E-state index in [0.717, 1.165) is 60.7 Å². The molecule has 0 aliphatic heterocycles. The minimum atomic E-state index is -0.267. The van der Waals surface area contributed by atoms with Crippen LogP contribution in [-0.4, -0.2) is 15.0 Å². The quantitative estimate of drug-likeness (QED) is 0.167. The van der Waals surface area contributed by atoms with Crippen LogP contribution in [0.4, 0.5) is 0 Å². The summed E-state index contributed by atoms with van der Waals surface area (Å²) in [5.74, 6) is 1.83. The van der Waals surface area contributed by atoms with Crippen LogP contribution in [-0.2, 0) is 5.41 Å². The second kappa shape index (κ2) is 13.0. The summed E-state index contributed by atoms with van der Waals surface area (Å²) in [6, 6.07) is 67.1. The summed E-state index contributed by atoms with van der Waals surface area (Å²) in [4.78, 5) is 16.1. The number of nitrogens with zero attached hydrogens (tertiary/aromatic N) is 3. The molecule has 12 aromatic rings. The monoisotopic (exact) mass is 791 g/mol. The van der Waals surface area contributed by atoms with Crippen LogP contribution in [0.25, 0.3) is 121 Å². The van der Waals surface area contributed by atoms with Crippen LogP contribution in [0, 0.1) is 0 Å². The molecule has 1 aliphatic carbocycles. The van der Waals surface area contributed by atoms with Crippen LogP contribution in [0.5, 0.6) is 0 Å². The van der Waals surface area contributed by atoms with Gasteiger partial charge in [-0.3, -0.25) is 0 Å². The molecule has 62 heavy (non-hydrogen) atoms. The number of para-hydroxylation sites is 1. The van der Waals surface area contributed by atoms with Crippen LogP contribution in [0.3, 0.4) is 0 Å². The first-order valence-corrected chi connectivity index (χ1v) is 21.3. The first-order valence-electron chi connectivity index (χ1n) is 21.3. The molecular formula is C58H37N3O. The third-order valence-electron chi connectivity index (χ3n) is 13.3. The van der Waals surface area contributed by atoms with E-state index in [0.29, 0.717) is 17.5 Å². The lowest BCUT2D eigenvalue weighted by Crippen LogP contribution is -2.15. The van der Waals surface area contributed by atoms with Gasteiger partial charge in [0.2, 0.25) is 0 Å². The van der Waals surface area contributed by atoms with Gasteiger partial charge >= 0.3 is 0 Å². The smallest absolute Gasteiger partial charge is 0.164 e. The summed E-state index contributed by atoms with van der Waals surface area (Å²) in [5, 5.41) is 11.8. The van der Waals surface area contributed by atoms with Gasteiger partial charge in [0.15, 0.2) is 17.5 Å². The highest BCUT2D eigenvalue weighted by atomic mass is 16.3. The number of rotatable bonds is 4. The Kier molecular flexibility index (Phi) is 7.32. The minimum absolute atomic E-state index is 0.267. The Morgan fingerprint density at radius 3 is 1.84 bits per heavy atom. The van der Waals surface area contributed by atoms with Gasteiger partial charge in [-0.05, 0) is 89.1 Å². The Morgan fingerprint density at radius 2 is 0.968 bits per heavy atom. The molecule has 10 aromatic carbocycles. The van der Waals surface area contributed by atoms with E-state index in [1.165, 1.54) is 54.4 Å². The number of hydrogen-bond acceptors (Lipinski definition) is 4. The summed E-state index contributed by atoms with van der Waals surface area (Å²) in [7, 11) is 0. The van der Waals surface area contributed by atoms with E-state index in [4.69, 9.17) is 19.4 Å². The zero-order valence-electron chi connectivity index (χ0n) is 34.1. The Labute approximate surface area is 357 Å². The Hall–Kier alpha value is -7.95. The molecule has 290 valence electrons. The van der Waals surface area contributed by atoms with E-state index in [9.17, 15) is 0 Å². The lowest BCUT2D eigenvalue weighted by molar-refractivity contribution is 0.620. The van der Waals surface area contributed by atoms with E-state index < -0.39 is 0 Å². The minimum Gasteiger partial charge on any atom is -0.456 e. The first kappa shape index (κ1) is 34.9. The molecule has 0 saturated heterocycles. The second-order valence-electron chi connectivity index (χ2n) is 17.1. The Balaban J connectivity index is 1.09. The van der Waals surface area contributed by atoms with Crippen molar-refractivity contribution in [3.63, 3.8) is 0 Å². The van der Waals surface area contributed by atoms with Crippen LogP contribution in [0.1, 0.15) is 25.0 Å². The van der Waals surface area contributed by atoms with Crippen molar-refractivity contribution in [3.05, 3.63) is 199 Å². The Bertz CT molecular complexity index is 3830. The number of benzene rings is 10. The van der Waals surface area contributed by atoms with Gasteiger partial charge in [0, 0.05) is 38.4 Å². The fraction of sp³-hybridized carbons (Fsp3) is 0.0517. The van der Waals surface area contributed by atoms with Gasteiger partial charge in [0.05, 0.1) is 0 Å². The molecule has 4 nitrogen and oxygen atoms in total.